The first-order chi connectivity index (χ1) is 14.1. The SMILES string of the molecule is Cc1nc2ncc(-c3ccn4ncnc(OCCOC(C)C)c34)cc2n1C1CC1. The minimum atomic E-state index is 0.172. The van der Waals surface area contributed by atoms with Crippen molar-refractivity contribution in [3.8, 4) is 17.0 Å². The van der Waals surface area contributed by atoms with Crippen molar-refractivity contribution in [3.05, 3.63) is 36.7 Å². The van der Waals surface area contributed by atoms with Crippen LogP contribution in [0.5, 0.6) is 5.88 Å². The average Bonchev–Trinajstić information content (AvgIpc) is 3.34. The number of fused-ring (bicyclic) bond motifs is 2. The van der Waals surface area contributed by atoms with Crippen molar-refractivity contribution >= 4 is 16.7 Å². The van der Waals surface area contributed by atoms with E-state index >= 15 is 0 Å². The molecular weight excluding hydrogens is 368 g/mol. The molecule has 0 spiro atoms. The first kappa shape index (κ1) is 18.1. The zero-order valence-corrected chi connectivity index (χ0v) is 16.9. The Morgan fingerprint density at radius 2 is 2.07 bits per heavy atom. The van der Waals surface area contributed by atoms with Gasteiger partial charge in [-0.3, -0.25) is 0 Å². The quantitative estimate of drug-likeness (QED) is 0.447. The van der Waals surface area contributed by atoms with E-state index in [1.54, 1.807) is 4.52 Å². The Morgan fingerprint density at radius 1 is 1.21 bits per heavy atom. The Balaban J connectivity index is 1.54. The first-order valence-corrected chi connectivity index (χ1v) is 10.0. The Bertz CT molecular complexity index is 1170. The van der Waals surface area contributed by atoms with Gasteiger partial charge in [0.2, 0.25) is 5.88 Å². The lowest BCUT2D eigenvalue weighted by atomic mass is 10.1. The summed E-state index contributed by atoms with van der Waals surface area (Å²) in [4.78, 5) is 13.6. The van der Waals surface area contributed by atoms with Crippen LogP contribution in [0, 0.1) is 6.92 Å². The molecule has 0 atom stereocenters. The zero-order chi connectivity index (χ0) is 20.0. The maximum atomic E-state index is 5.92. The van der Waals surface area contributed by atoms with E-state index < -0.39 is 0 Å². The Morgan fingerprint density at radius 3 is 2.86 bits per heavy atom. The molecule has 29 heavy (non-hydrogen) atoms. The molecule has 0 aromatic carbocycles. The van der Waals surface area contributed by atoms with E-state index in [0.29, 0.717) is 25.1 Å². The Kier molecular flexibility index (Phi) is 4.43. The summed E-state index contributed by atoms with van der Waals surface area (Å²) in [6.45, 7) is 7.00. The molecule has 150 valence electrons. The number of rotatable bonds is 7. The van der Waals surface area contributed by atoms with E-state index in [-0.39, 0.29) is 6.10 Å². The predicted octanol–water partition coefficient (Wildman–Crippen LogP) is 3.59. The molecule has 0 saturated heterocycles. The molecule has 8 nitrogen and oxygen atoms in total. The van der Waals surface area contributed by atoms with Crippen molar-refractivity contribution in [1.82, 2.24) is 29.1 Å². The highest BCUT2D eigenvalue weighted by Gasteiger charge is 2.27. The maximum Gasteiger partial charge on any atom is 0.242 e. The second-order valence-electron chi connectivity index (χ2n) is 7.68. The standard InChI is InChI=1S/C21H24N6O2/c1-13(2)28-8-9-29-21-19-17(6-7-26(19)24-12-23-21)15-10-18-20(22-11-15)25-14(3)27(18)16-4-5-16/h6-7,10-13,16H,4-5,8-9H2,1-3H3. The van der Waals surface area contributed by atoms with Crippen LogP contribution in [0.3, 0.4) is 0 Å². The predicted molar refractivity (Wildman–Crippen MR) is 109 cm³/mol. The number of aryl methyl sites for hydroxylation is 1. The van der Waals surface area contributed by atoms with Gasteiger partial charge in [0.15, 0.2) is 5.65 Å². The van der Waals surface area contributed by atoms with Gasteiger partial charge in [-0.2, -0.15) is 10.1 Å². The largest absolute Gasteiger partial charge is 0.474 e. The Labute approximate surface area is 168 Å². The first-order valence-electron chi connectivity index (χ1n) is 10.0. The molecule has 1 fully saturated rings. The molecule has 4 heterocycles. The minimum Gasteiger partial charge on any atom is -0.474 e. The van der Waals surface area contributed by atoms with Crippen LogP contribution in [0.15, 0.2) is 30.9 Å². The highest BCUT2D eigenvalue weighted by molar-refractivity contribution is 5.88. The van der Waals surface area contributed by atoms with Gasteiger partial charge in [-0.15, -0.1) is 0 Å². The summed E-state index contributed by atoms with van der Waals surface area (Å²) >= 11 is 0. The van der Waals surface area contributed by atoms with Gasteiger partial charge in [-0.25, -0.2) is 14.5 Å². The fourth-order valence-electron chi connectivity index (χ4n) is 3.72. The molecule has 1 saturated carbocycles. The van der Waals surface area contributed by atoms with Gasteiger partial charge in [0, 0.05) is 29.6 Å². The molecule has 0 radical (unpaired) electrons. The summed E-state index contributed by atoms with van der Waals surface area (Å²) in [5, 5.41) is 4.32. The minimum absolute atomic E-state index is 0.172. The van der Waals surface area contributed by atoms with E-state index in [0.717, 1.165) is 33.6 Å². The summed E-state index contributed by atoms with van der Waals surface area (Å²) in [6, 6.07) is 4.73. The third kappa shape index (κ3) is 3.33. The number of hydrogen-bond acceptors (Lipinski definition) is 6. The second kappa shape index (κ2) is 7.11. The van der Waals surface area contributed by atoms with Gasteiger partial charge in [-0.05, 0) is 45.7 Å². The van der Waals surface area contributed by atoms with Crippen LogP contribution in [0.1, 0.15) is 38.6 Å². The van der Waals surface area contributed by atoms with E-state index in [9.17, 15) is 0 Å². The topological polar surface area (TPSA) is 79.4 Å². The van der Waals surface area contributed by atoms with E-state index in [1.807, 2.05) is 39.2 Å². The smallest absolute Gasteiger partial charge is 0.242 e. The lowest BCUT2D eigenvalue weighted by Gasteiger charge is -2.10. The van der Waals surface area contributed by atoms with Crippen LogP contribution in [-0.4, -0.2) is 48.5 Å². The molecule has 1 aliphatic rings. The molecule has 8 heteroatoms. The molecule has 0 amide bonds. The van der Waals surface area contributed by atoms with Crippen LogP contribution in [0.25, 0.3) is 27.8 Å². The number of nitrogens with zero attached hydrogens (tertiary/aromatic N) is 6. The summed E-state index contributed by atoms with van der Waals surface area (Å²) in [6.07, 6.45) is 7.86. The molecule has 0 aliphatic heterocycles. The lowest BCUT2D eigenvalue weighted by Crippen LogP contribution is -2.12. The number of hydrogen-bond donors (Lipinski definition) is 0. The lowest BCUT2D eigenvalue weighted by molar-refractivity contribution is 0.0545. The van der Waals surface area contributed by atoms with Gasteiger partial charge in [-0.1, -0.05) is 0 Å². The fourth-order valence-corrected chi connectivity index (χ4v) is 3.72. The highest BCUT2D eigenvalue weighted by atomic mass is 16.5. The number of aromatic nitrogens is 6. The maximum absolute atomic E-state index is 5.92. The van der Waals surface area contributed by atoms with Crippen molar-refractivity contribution in [1.29, 1.82) is 0 Å². The van der Waals surface area contributed by atoms with Gasteiger partial charge in [0.05, 0.1) is 18.2 Å². The highest BCUT2D eigenvalue weighted by Crippen LogP contribution is 2.39. The molecule has 0 bridgehead atoms. The molecule has 0 N–H and O–H groups in total. The third-order valence-electron chi connectivity index (χ3n) is 5.14. The average molecular weight is 392 g/mol. The van der Waals surface area contributed by atoms with Crippen molar-refractivity contribution in [2.24, 2.45) is 0 Å². The summed E-state index contributed by atoms with van der Waals surface area (Å²) in [5.41, 5.74) is 4.68. The van der Waals surface area contributed by atoms with Gasteiger partial charge in [0.1, 0.15) is 24.3 Å². The summed E-state index contributed by atoms with van der Waals surface area (Å²) < 4.78 is 15.6. The molecule has 1 aliphatic carbocycles. The summed E-state index contributed by atoms with van der Waals surface area (Å²) in [7, 11) is 0. The van der Waals surface area contributed by atoms with Crippen LogP contribution in [-0.2, 0) is 4.74 Å². The van der Waals surface area contributed by atoms with E-state index in [4.69, 9.17) is 9.47 Å². The van der Waals surface area contributed by atoms with Crippen LogP contribution in [0.4, 0.5) is 0 Å². The molecule has 0 unspecified atom stereocenters. The molecule has 4 aromatic rings. The fraction of sp³-hybridized carbons (Fsp3) is 0.429. The van der Waals surface area contributed by atoms with Crippen LogP contribution < -0.4 is 4.74 Å². The zero-order valence-electron chi connectivity index (χ0n) is 16.9. The normalized spacial score (nSPS) is 14.3. The van der Waals surface area contributed by atoms with Crippen molar-refractivity contribution in [2.75, 3.05) is 13.2 Å². The van der Waals surface area contributed by atoms with Gasteiger partial charge in [0.25, 0.3) is 0 Å². The molecule has 5 rings (SSSR count). The van der Waals surface area contributed by atoms with Crippen LogP contribution in [0.2, 0.25) is 0 Å². The van der Waals surface area contributed by atoms with Crippen molar-refractivity contribution in [3.63, 3.8) is 0 Å². The molecular formula is C21H24N6O2. The van der Waals surface area contributed by atoms with Crippen molar-refractivity contribution < 1.29 is 9.47 Å². The van der Waals surface area contributed by atoms with Crippen molar-refractivity contribution in [2.45, 2.75) is 45.8 Å². The number of ether oxygens (including phenoxy) is 2. The summed E-state index contributed by atoms with van der Waals surface area (Å²) in [5.74, 6) is 1.56. The van der Waals surface area contributed by atoms with E-state index in [1.165, 1.54) is 19.2 Å². The van der Waals surface area contributed by atoms with Gasteiger partial charge < -0.3 is 14.0 Å². The third-order valence-corrected chi connectivity index (χ3v) is 5.14. The van der Waals surface area contributed by atoms with E-state index in [2.05, 4.69) is 30.7 Å². The second-order valence-corrected chi connectivity index (χ2v) is 7.68. The number of pyridine rings is 1. The van der Waals surface area contributed by atoms with Crippen LogP contribution >= 0.6 is 0 Å². The molecule has 4 aromatic heterocycles. The Hall–Kier alpha value is -3.00. The van der Waals surface area contributed by atoms with Gasteiger partial charge >= 0.3 is 0 Å². The number of imidazole rings is 1. The monoisotopic (exact) mass is 392 g/mol.